The maximum Gasteiger partial charge on any atom is 0.404 e. The Labute approximate surface area is 277 Å². The third kappa shape index (κ3) is 11.2. The number of carbonyl (C=O) groups is 4. The van der Waals surface area contributed by atoms with E-state index in [0.29, 0.717) is 34.0 Å². The molecule has 4 rings (SSSR count). The van der Waals surface area contributed by atoms with Gasteiger partial charge in [0.25, 0.3) is 11.8 Å². The molecular formula is C34H37N7O7. The van der Waals surface area contributed by atoms with Crippen molar-refractivity contribution in [2.45, 2.75) is 6.42 Å². The number of benzene rings is 2. The minimum Gasteiger partial charge on any atom is -0.447 e. The molecule has 0 saturated heterocycles. The topological polar surface area (TPSA) is 187 Å². The van der Waals surface area contributed by atoms with Crippen LogP contribution >= 0.6 is 0 Å². The average Bonchev–Trinajstić information content (AvgIpc) is 3.07. The number of anilines is 4. The molecular weight excluding hydrogens is 618 g/mol. The number of pyridine rings is 2. The van der Waals surface area contributed by atoms with Gasteiger partial charge in [-0.25, -0.2) is 9.78 Å². The Hall–Kier alpha value is -5.86. The molecule has 14 nitrogen and oxygen atoms in total. The summed E-state index contributed by atoms with van der Waals surface area (Å²) in [6.07, 6.45) is 4.11. The van der Waals surface area contributed by atoms with Crippen LogP contribution in [0, 0.1) is 0 Å². The minimum atomic E-state index is -0.860. The zero-order valence-electron chi connectivity index (χ0n) is 26.6. The lowest BCUT2D eigenvalue weighted by Crippen LogP contribution is -2.21. The van der Waals surface area contributed by atoms with Crippen LogP contribution in [0.25, 0.3) is 11.1 Å². The van der Waals surface area contributed by atoms with Crippen molar-refractivity contribution in [2.24, 2.45) is 5.73 Å². The second-order valence-corrected chi connectivity index (χ2v) is 10.5. The first-order valence-electron chi connectivity index (χ1n) is 15.0. The molecule has 4 aromatic rings. The molecule has 14 heteroatoms. The summed E-state index contributed by atoms with van der Waals surface area (Å²) in [7, 11) is 3.43. The largest absolute Gasteiger partial charge is 0.447 e. The van der Waals surface area contributed by atoms with Crippen LogP contribution in [0.1, 0.15) is 27.1 Å². The molecule has 0 spiro atoms. The number of aromatic nitrogens is 2. The molecule has 2 aromatic carbocycles. The SMILES string of the molecule is CN(C)C(=O)c1ccc(-c2ccc(Nc3cncc(NC(=O)c4cccc(NC(=O)CCOCCOCCOC(N)=O)c4)c3)nc2)cc1. The van der Waals surface area contributed by atoms with Crippen molar-refractivity contribution >= 4 is 46.7 Å². The fraction of sp³-hybridized carbons (Fsp3) is 0.235. The van der Waals surface area contributed by atoms with Gasteiger partial charge in [0, 0.05) is 42.7 Å². The van der Waals surface area contributed by atoms with Gasteiger partial charge in [0.15, 0.2) is 0 Å². The van der Waals surface area contributed by atoms with E-state index in [4.69, 9.17) is 15.2 Å². The van der Waals surface area contributed by atoms with Crippen molar-refractivity contribution in [1.82, 2.24) is 14.9 Å². The second-order valence-electron chi connectivity index (χ2n) is 10.5. The summed E-state index contributed by atoms with van der Waals surface area (Å²) < 4.78 is 15.1. The monoisotopic (exact) mass is 655 g/mol. The Kier molecular flexibility index (Phi) is 12.9. The van der Waals surface area contributed by atoms with Crippen molar-refractivity contribution in [3.8, 4) is 11.1 Å². The first-order chi connectivity index (χ1) is 23.2. The van der Waals surface area contributed by atoms with Crippen LogP contribution < -0.4 is 21.7 Å². The molecule has 2 heterocycles. The third-order valence-corrected chi connectivity index (χ3v) is 6.63. The molecule has 48 heavy (non-hydrogen) atoms. The summed E-state index contributed by atoms with van der Waals surface area (Å²) in [6.45, 7) is 0.980. The molecule has 5 N–H and O–H groups in total. The molecule has 0 radical (unpaired) electrons. The van der Waals surface area contributed by atoms with Crippen molar-refractivity contribution < 1.29 is 33.4 Å². The highest BCUT2D eigenvalue weighted by molar-refractivity contribution is 6.05. The van der Waals surface area contributed by atoms with Crippen LogP contribution in [-0.2, 0) is 19.0 Å². The predicted molar refractivity (Wildman–Crippen MR) is 180 cm³/mol. The normalized spacial score (nSPS) is 10.5. The number of hydrogen-bond donors (Lipinski definition) is 4. The molecule has 0 aliphatic rings. The number of primary amides is 1. The third-order valence-electron chi connectivity index (χ3n) is 6.63. The van der Waals surface area contributed by atoms with E-state index < -0.39 is 6.09 Å². The lowest BCUT2D eigenvalue weighted by atomic mass is 10.1. The summed E-state index contributed by atoms with van der Waals surface area (Å²) in [5, 5.41) is 8.76. The first-order valence-corrected chi connectivity index (χ1v) is 15.0. The standard InChI is InChI=1S/C34H37N7O7/c1-41(2)33(44)24-8-6-23(7-9-24)26-10-11-30(37-20-26)38-28-19-29(22-36-21-28)40-32(43)25-4-3-5-27(18-25)39-31(42)12-13-46-14-15-47-16-17-48-34(35)45/h3-11,18-22H,12-17H2,1-2H3,(H2,35,45)(H,37,38)(H,39,42)(H,40,43). The van der Waals surface area contributed by atoms with Crippen LogP contribution in [0.5, 0.6) is 0 Å². The van der Waals surface area contributed by atoms with Gasteiger partial charge in [-0.2, -0.15) is 0 Å². The number of hydrogen-bond acceptors (Lipinski definition) is 10. The van der Waals surface area contributed by atoms with Gasteiger partial charge in [0.2, 0.25) is 5.91 Å². The molecule has 0 aliphatic heterocycles. The molecule has 0 bridgehead atoms. The van der Waals surface area contributed by atoms with Gasteiger partial charge in [0.1, 0.15) is 12.4 Å². The van der Waals surface area contributed by atoms with Crippen molar-refractivity contribution in [2.75, 3.05) is 63.1 Å². The number of nitrogens with two attached hydrogens (primary N) is 1. The van der Waals surface area contributed by atoms with Crippen molar-refractivity contribution in [3.05, 3.63) is 96.4 Å². The Bertz CT molecular complexity index is 1700. The summed E-state index contributed by atoms with van der Waals surface area (Å²) >= 11 is 0. The van der Waals surface area contributed by atoms with E-state index in [1.165, 1.54) is 11.1 Å². The van der Waals surface area contributed by atoms with E-state index in [9.17, 15) is 19.2 Å². The van der Waals surface area contributed by atoms with Crippen LogP contribution in [0.4, 0.5) is 27.7 Å². The van der Waals surface area contributed by atoms with Gasteiger partial charge < -0.3 is 40.8 Å². The van der Waals surface area contributed by atoms with Gasteiger partial charge in [-0.1, -0.05) is 18.2 Å². The Morgan fingerprint density at radius 1 is 0.729 bits per heavy atom. The van der Waals surface area contributed by atoms with E-state index in [0.717, 1.165) is 11.1 Å². The van der Waals surface area contributed by atoms with Crippen LogP contribution in [0.15, 0.2) is 85.3 Å². The zero-order chi connectivity index (χ0) is 34.3. The summed E-state index contributed by atoms with van der Waals surface area (Å²) in [5.74, 6) is -0.134. The number of nitrogens with zero attached hydrogens (tertiary/aromatic N) is 3. The smallest absolute Gasteiger partial charge is 0.404 e. The highest BCUT2D eigenvalue weighted by atomic mass is 16.6. The first kappa shape index (κ1) is 35.0. The highest BCUT2D eigenvalue weighted by Crippen LogP contribution is 2.23. The number of rotatable bonds is 16. The number of carbonyl (C=O) groups excluding carboxylic acids is 4. The van der Waals surface area contributed by atoms with Gasteiger partial charge in [0.05, 0.1) is 56.6 Å². The Morgan fingerprint density at radius 3 is 2.15 bits per heavy atom. The van der Waals surface area contributed by atoms with Crippen molar-refractivity contribution in [1.29, 1.82) is 0 Å². The van der Waals surface area contributed by atoms with Crippen LogP contribution in [0.2, 0.25) is 0 Å². The molecule has 0 aliphatic carbocycles. The van der Waals surface area contributed by atoms with E-state index >= 15 is 0 Å². The predicted octanol–water partition coefficient (Wildman–Crippen LogP) is 4.30. The van der Waals surface area contributed by atoms with E-state index in [-0.39, 0.29) is 57.2 Å². The summed E-state index contributed by atoms with van der Waals surface area (Å²) in [5.41, 5.74) is 9.17. The summed E-state index contributed by atoms with van der Waals surface area (Å²) in [4.78, 5) is 58.2. The molecule has 250 valence electrons. The van der Waals surface area contributed by atoms with Crippen molar-refractivity contribution in [3.63, 3.8) is 0 Å². The molecule has 0 atom stereocenters. The van der Waals surface area contributed by atoms with Gasteiger partial charge >= 0.3 is 6.09 Å². The van der Waals surface area contributed by atoms with Gasteiger partial charge in [-0.3, -0.25) is 19.4 Å². The average molecular weight is 656 g/mol. The molecule has 2 aromatic heterocycles. The Morgan fingerprint density at radius 2 is 1.44 bits per heavy atom. The zero-order valence-corrected chi connectivity index (χ0v) is 26.6. The second kappa shape index (κ2) is 17.7. The molecule has 0 unspecified atom stereocenters. The van der Waals surface area contributed by atoms with Crippen LogP contribution in [-0.4, -0.2) is 85.8 Å². The van der Waals surface area contributed by atoms with Crippen LogP contribution in [0.3, 0.4) is 0 Å². The minimum absolute atomic E-state index is 0.0593. The van der Waals surface area contributed by atoms with Gasteiger partial charge in [-0.15, -0.1) is 0 Å². The van der Waals surface area contributed by atoms with E-state index in [2.05, 4.69) is 30.7 Å². The molecule has 0 fully saturated rings. The summed E-state index contributed by atoms with van der Waals surface area (Å²) in [6, 6.07) is 19.4. The maximum atomic E-state index is 13.0. The highest BCUT2D eigenvalue weighted by Gasteiger charge is 2.11. The number of amides is 4. The lowest BCUT2D eigenvalue weighted by Gasteiger charge is -2.11. The Balaban J connectivity index is 1.23. The molecule has 0 saturated carbocycles. The van der Waals surface area contributed by atoms with E-state index in [1.54, 1.807) is 69.0 Å². The lowest BCUT2D eigenvalue weighted by molar-refractivity contribution is -0.117. The molecule has 4 amide bonds. The van der Waals surface area contributed by atoms with E-state index in [1.807, 2.05) is 24.3 Å². The number of nitrogens with one attached hydrogen (secondary N) is 3. The fourth-order valence-electron chi connectivity index (χ4n) is 4.28. The number of ether oxygens (including phenoxy) is 3. The fourth-order valence-corrected chi connectivity index (χ4v) is 4.28. The quantitative estimate of drug-likeness (QED) is 0.127. The van der Waals surface area contributed by atoms with Gasteiger partial charge in [-0.05, 0) is 54.1 Å². The maximum absolute atomic E-state index is 13.0.